The average Bonchev–Trinajstić information content (AvgIpc) is 3.19. The molecule has 0 atom stereocenters. The van der Waals surface area contributed by atoms with Gasteiger partial charge in [-0.05, 0) is 48.9 Å². The summed E-state index contributed by atoms with van der Waals surface area (Å²) >= 11 is 0. The van der Waals surface area contributed by atoms with Gasteiger partial charge in [-0.15, -0.1) is 0 Å². The maximum atomic E-state index is 13.1. The lowest BCUT2D eigenvalue weighted by molar-refractivity contribution is -0.147. The lowest BCUT2D eigenvalue weighted by Gasteiger charge is -2.36. The van der Waals surface area contributed by atoms with Crippen LogP contribution in [0.4, 0.5) is 4.79 Å². The normalized spacial score (nSPS) is 16.6. The van der Waals surface area contributed by atoms with Crippen LogP contribution in [0.25, 0.3) is 11.1 Å². The van der Waals surface area contributed by atoms with Crippen molar-refractivity contribution in [1.29, 1.82) is 0 Å². The number of carbonyl (C=O) groups excluding carboxylic acids is 2. The van der Waals surface area contributed by atoms with Crippen LogP contribution in [0.1, 0.15) is 63.0 Å². The second-order valence-electron chi connectivity index (χ2n) is 10.4. The van der Waals surface area contributed by atoms with Gasteiger partial charge in [0.05, 0.1) is 10.8 Å². The number of alkyl carbamates (subject to hydrolysis) is 1. The highest BCUT2D eigenvalue weighted by atomic mass is 16.5. The molecule has 7 heteroatoms. The molecule has 4 rings (SSSR count). The second kappa shape index (κ2) is 10.1. The van der Waals surface area contributed by atoms with Gasteiger partial charge in [-0.3, -0.25) is 9.59 Å². The fourth-order valence-electron chi connectivity index (χ4n) is 5.17. The number of fused-ring (bicyclic) bond motifs is 3. The molecule has 2 aliphatic carbocycles. The van der Waals surface area contributed by atoms with Crippen LogP contribution < -0.4 is 10.6 Å². The number of hydrogen-bond acceptors (Lipinski definition) is 4. The van der Waals surface area contributed by atoms with Crippen molar-refractivity contribution >= 4 is 18.0 Å². The molecule has 0 unspecified atom stereocenters. The zero-order valence-corrected chi connectivity index (χ0v) is 20.4. The number of carboxylic acids is 1. The van der Waals surface area contributed by atoms with Gasteiger partial charge in [-0.2, -0.15) is 0 Å². The lowest BCUT2D eigenvalue weighted by Crippen LogP contribution is -2.52. The van der Waals surface area contributed by atoms with Gasteiger partial charge in [0.25, 0.3) is 0 Å². The molecule has 2 amide bonds. The Morgan fingerprint density at radius 3 is 2.09 bits per heavy atom. The molecule has 0 saturated heterocycles. The van der Waals surface area contributed by atoms with Crippen molar-refractivity contribution in [3.8, 4) is 11.1 Å². The number of rotatable bonds is 8. The zero-order valence-electron chi connectivity index (χ0n) is 20.4. The van der Waals surface area contributed by atoms with Crippen LogP contribution in [0.3, 0.4) is 0 Å². The van der Waals surface area contributed by atoms with Gasteiger partial charge >= 0.3 is 12.1 Å². The molecule has 1 fully saturated rings. The third kappa shape index (κ3) is 5.19. The van der Waals surface area contributed by atoms with Gasteiger partial charge in [0.1, 0.15) is 6.61 Å². The van der Waals surface area contributed by atoms with Crippen molar-refractivity contribution in [2.75, 3.05) is 19.7 Å². The summed E-state index contributed by atoms with van der Waals surface area (Å²) in [5, 5.41) is 15.0. The number of hydrogen-bond donors (Lipinski definition) is 3. The molecular weight excluding hydrogens is 444 g/mol. The van der Waals surface area contributed by atoms with Crippen molar-refractivity contribution in [2.45, 2.75) is 51.9 Å². The average molecular weight is 479 g/mol. The number of amides is 2. The van der Waals surface area contributed by atoms with E-state index in [0.29, 0.717) is 12.8 Å². The van der Waals surface area contributed by atoms with E-state index in [9.17, 15) is 19.5 Å². The molecule has 0 radical (unpaired) electrons. The van der Waals surface area contributed by atoms with Crippen molar-refractivity contribution < 1.29 is 24.2 Å². The smallest absolute Gasteiger partial charge is 0.407 e. The summed E-state index contributed by atoms with van der Waals surface area (Å²) in [6.07, 6.45) is 3.58. The van der Waals surface area contributed by atoms with Crippen LogP contribution in [0.2, 0.25) is 0 Å². The molecular formula is C28H34N2O5. The maximum absolute atomic E-state index is 13.1. The van der Waals surface area contributed by atoms with E-state index in [1.807, 2.05) is 24.3 Å². The van der Waals surface area contributed by atoms with Crippen molar-refractivity contribution in [1.82, 2.24) is 10.6 Å². The molecule has 0 aromatic heterocycles. The fraction of sp³-hybridized carbons (Fsp3) is 0.464. The predicted octanol–water partition coefficient (Wildman–Crippen LogP) is 4.70. The number of benzene rings is 2. The minimum atomic E-state index is -1.06. The molecule has 7 nitrogen and oxygen atoms in total. The Labute approximate surface area is 206 Å². The van der Waals surface area contributed by atoms with E-state index in [2.05, 4.69) is 34.9 Å². The van der Waals surface area contributed by atoms with Crippen LogP contribution in [0.15, 0.2) is 48.5 Å². The summed E-state index contributed by atoms with van der Waals surface area (Å²) < 4.78 is 5.64. The van der Waals surface area contributed by atoms with Gasteiger partial charge in [-0.1, -0.05) is 67.8 Å². The molecule has 35 heavy (non-hydrogen) atoms. The Bertz CT molecular complexity index is 1060. The van der Waals surface area contributed by atoms with E-state index in [-0.39, 0.29) is 31.5 Å². The highest BCUT2D eigenvalue weighted by Crippen LogP contribution is 2.44. The molecule has 2 aromatic rings. The fourth-order valence-corrected chi connectivity index (χ4v) is 5.17. The standard InChI is InChI=1S/C28H34N2O5/c1-27(2,25(32)33)17-29-24(31)28(14-8-3-9-15-28)18-30-26(34)35-16-23-21-12-6-4-10-19(21)20-11-5-7-13-22(20)23/h4-7,10-13,23H,3,8-9,14-18H2,1-2H3,(H,29,31)(H,30,34)(H,32,33). The summed E-state index contributed by atoms with van der Waals surface area (Å²) in [4.78, 5) is 37.3. The first-order valence-electron chi connectivity index (χ1n) is 12.3. The SMILES string of the molecule is CC(C)(CNC(=O)C1(CNC(=O)OCC2c3ccccc3-c3ccccc32)CCCCC1)C(=O)O. The summed E-state index contributed by atoms with van der Waals surface area (Å²) in [5.74, 6) is -1.20. The van der Waals surface area contributed by atoms with Crippen molar-refractivity contribution in [3.63, 3.8) is 0 Å². The van der Waals surface area contributed by atoms with E-state index in [4.69, 9.17) is 4.74 Å². The van der Waals surface area contributed by atoms with Crippen LogP contribution in [-0.4, -0.2) is 42.8 Å². The van der Waals surface area contributed by atoms with Gasteiger partial charge in [0, 0.05) is 19.0 Å². The zero-order chi connectivity index (χ0) is 25.1. The Morgan fingerprint density at radius 1 is 0.943 bits per heavy atom. The predicted molar refractivity (Wildman–Crippen MR) is 133 cm³/mol. The largest absolute Gasteiger partial charge is 0.481 e. The number of ether oxygens (including phenoxy) is 1. The van der Waals surface area contributed by atoms with E-state index >= 15 is 0 Å². The maximum Gasteiger partial charge on any atom is 0.407 e. The Hall–Kier alpha value is -3.35. The molecule has 0 bridgehead atoms. The number of carbonyl (C=O) groups is 3. The van der Waals surface area contributed by atoms with Crippen molar-refractivity contribution in [2.24, 2.45) is 10.8 Å². The molecule has 2 aromatic carbocycles. The second-order valence-corrected chi connectivity index (χ2v) is 10.4. The minimum Gasteiger partial charge on any atom is -0.481 e. The molecule has 186 valence electrons. The van der Waals surface area contributed by atoms with E-state index in [1.54, 1.807) is 13.8 Å². The van der Waals surface area contributed by atoms with Gasteiger partial charge in [0.15, 0.2) is 0 Å². The highest BCUT2D eigenvalue weighted by molar-refractivity contribution is 5.85. The highest BCUT2D eigenvalue weighted by Gasteiger charge is 2.41. The van der Waals surface area contributed by atoms with Crippen LogP contribution in [0, 0.1) is 10.8 Å². The van der Waals surface area contributed by atoms with E-state index < -0.39 is 22.9 Å². The molecule has 0 heterocycles. The third-order valence-electron chi connectivity index (χ3n) is 7.48. The van der Waals surface area contributed by atoms with Crippen LogP contribution in [0.5, 0.6) is 0 Å². The summed E-state index contributed by atoms with van der Waals surface area (Å²) in [7, 11) is 0. The van der Waals surface area contributed by atoms with Crippen LogP contribution >= 0.6 is 0 Å². The first kappa shape index (κ1) is 24.8. The Kier molecular flexibility index (Phi) is 7.15. The number of nitrogens with one attached hydrogen (secondary N) is 2. The Balaban J connectivity index is 1.37. The number of carboxylic acid groups (broad SMARTS) is 1. The lowest BCUT2D eigenvalue weighted by atomic mass is 9.73. The quantitative estimate of drug-likeness (QED) is 0.510. The molecule has 2 aliphatic rings. The topological polar surface area (TPSA) is 105 Å². The monoisotopic (exact) mass is 478 g/mol. The van der Waals surface area contributed by atoms with Gasteiger partial charge in [0.2, 0.25) is 5.91 Å². The summed E-state index contributed by atoms with van der Waals surface area (Å²) in [6.45, 7) is 3.58. The first-order chi connectivity index (χ1) is 16.7. The van der Waals surface area contributed by atoms with E-state index in [1.165, 1.54) is 11.1 Å². The molecule has 0 aliphatic heterocycles. The summed E-state index contributed by atoms with van der Waals surface area (Å²) in [6, 6.07) is 16.3. The van der Waals surface area contributed by atoms with Gasteiger partial charge in [-0.25, -0.2) is 4.79 Å². The van der Waals surface area contributed by atoms with Crippen LogP contribution in [-0.2, 0) is 14.3 Å². The Morgan fingerprint density at radius 2 is 1.51 bits per heavy atom. The van der Waals surface area contributed by atoms with Crippen molar-refractivity contribution in [3.05, 3.63) is 59.7 Å². The molecule has 1 saturated carbocycles. The summed E-state index contributed by atoms with van der Waals surface area (Å²) in [5.41, 5.74) is 2.80. The molecule has 3 N–H and O–H groups in total. The van der Waals surface area contributed by atoms with E-state index in [0.717, 1.165) is 30.4 Å². The third-order valence-corrected chi connectivity index (χ3v) is 7.48. The van der Waals surface area contributed by atoms with Gasteiger partial charge < -0.3 is 20.5 Å². The minimum absolute atomic E-state index is 0.0293. The first-order valence-corrected chi connectivity index (χ1v) is 12.3. The molecule has 0 spiro atoms. The number of aliphatic carboxylic acids is 1.